The van der Waals surface area contributed by atoms with Gasteiger partial charge in [-0.05, 0) is 12.1 Å². The number of hydrogen-bond acceptors (Lipinski definition) is 7. The fourth-order valence-corrected chi connectivity index (χ4v) is 1.58. The third-order valence-corrected chi connectivity index (χ3v) is 2.65. The first kappa shape index (κ1) is 15.2. The minimum Gasteiger partial charge on any atom is -0.493 e. The highest BCUT2D eigenvalue weighted by molar-refractivity contribution is 5.86. The predicted octanol–water partition coefficient (Wildman–Crippen LogP) is 3.27. The second-order valence-electron chi connectivity index (χ2n) is 4.10. The number of ether oxygens (including phenoxy) is 2. The molecule has 0 saturated heterocycles. The standard InChI is InChI=1S/C14H15N5O3/c1-21-11-8-10(19-18-9-6-4-3-5-7-9)12(15)16-13(11)17-14(20)22-2/h3-8H,1-2H3,(H3,15,16,17,20). The highest BCUT2D eigenvalue weighted by atomic mass is 16.5. The van der Waals surface area contributed by atoms with E-state index in [9.17, 15) is 4.79 Å². The van der Waals surface area contributed by atoms with Crippen LogP contribution in [0.15, 0.2) is 46.6 Å². The van der Waals surface area contributed by atoms with Crippen molar-refractivity contribution in [2.45, 2.75) is 0 Å². The molecule has 22 heavy (non-hydrogen) atoms. The summed E-state index contributed by atoms with van der Waals surface area (Å²) in [5.74, 6) is 0.541. The van der Waals surface area contributed by atoms with E-state index in [0.717, 1.165) is 0 Å². The Morgan fingerprint density at radius 1 is 1.23 bits per heavy atom. The Morgan fingerprint density at radius 2 is 1.95 bits per heavy atom. The van der Waals surface area contributed by atoms with Gasteiger partial charge in [-0.1, -0.05) is 18.2 Å². The van der Waals surface area contributed by atoms with Crippen LogP contribution in [0.4, 0.5) is 27.8 Å². The molecule has 0 fully saturated rings. The average Bonchev–Trinajstić information content (AvgIpc) is 2.55. The summed E-state index contributed by atoms with van der Waals surface area (Å²) < 4.78 is 9.65. The molecule has 0 aliphatic heterocycles. The molecule has 0 radical (unpaired) electrons. The van der Waals surface area contributed by atoms with Gasteiger partial charge in [0, 0.05) is 6.07 Å². The van der Waals surface area contributed by atoms with Gasteiger partial charge in [0.1, 0.15) is 5.69 Å². The van der Waals surface area contributed by atoms with Gasteiger partial charge >= 0.3 is 6.09 Å². The van der Waals surface area contributed by atoms with Crippen LogP contribution in [0.2, 0.25) is 0 Å². The number of amides is 1. The molecule has 1 aromatic heterocycles. The van der Waals surface area contributed by atoms with E-state index in [2.05, 4.69) is 25.3 Å². The van der Waals surface area contributed by atoms with Crippen LogP contribution in [-0.4, -0.2) is 25.3 Å². The number of carbonyl (C=O) groups is 1. The van der Waals surface area contributed by atoms with Gasteiger partial charge in [0.2, 0.25) is 0 Å². The molecular weight excluding hydrogens is 286 g/mol. The van der Waals surface area contributed by atoms with Crippen molar-refractivity contribution in [1.82, 2.24) is 4.98 Å². The van der Waals surface area contributed by atoms with E-state index in [-0.39, 0.29) is 11.6 Å². The maximum absolute atomic E-state index is 11.2. The van der Waals surface area contributed by atoms with Crippen molar-refractivity contribution >= 4 is 29.1 Å². The Hall–Kier alpha value is -3.16. The van der Waals surface area contributed by atoms with Crippen molar-refractivity contribution in [2.75, 3.05) is 25.3 Å². The Morgan fingerprint density at radius 3 is 2.59 bits per heavy atom. The second-order valence-corrected chi connectivity index (χ2v) is 4.10. The van der Waals surface area contributed by atoms with Gasteiger partial charge in [-0.25, -0.2) is 9.78 Å². The molecule has 114 valence electrons. The van der Waals surface area contributed by atoms with Crippen LogP contribution in [-0.2, 0) is 4.74 Å². The smallest absolute Gasteiger partial charge is 0.412 e. The SMILES string of the molecule is COC(=O)Nc1nc(N)c(N=Nc2ccccc2)cc1OC. The molecule has 0 aliphatic carbocycles. The molecule has 8 heteroatoms. The number of nitrogens with zero attached hydrogens (tertiary/aromatic N) is 3. The molecule has 1 aromatic carbocycles. The van der Waals surface area contributed by atoms with E-state index in [1.54, 1.807) is 12.1 Å². The van der Waals surface area contributed by atoms with Crippen LogP contribution in [0, 0.1) is 0 Å². The highest BCUT2D eigenvalue weighted by Crippen LogP contribution is 2.32. The molecule has 0 spiro atoms. The summed E-state index contributed by atoms with van der Waals surface area (Å²) in [6, 6.07) is 10.7. The van der Waals surface area contributed by atoms with Crippen molar-refractivity contribution in [3.05, 3.63) is 36.4 Å². The quantitative estimate of drug-likeness (QED) is 0.842. The molecule has 3 N–H and O–H groups in total. The first-order chi connectivity index (χ1) is 10.6. The fraction of sp³-hybridized carbons (Fsp3) is 0.143. The lowest BCUT2D eigenvalue weighted by Crippen LogP contribution is -2.13. The van der Waals surface area contributed by atoms with Crippen molar-refractivity contribution in [3.63, 3.8) is 0 Å². The number of pyridine rings is 1. The van der Waals surface area contributed by atoms with E-state index in [1.807, 2.05) is 18.2 Å². The maximum atomic E-state index is 11.2. The second kappa shape index (κ2) is 7.02. The van der Waals surface area contributed by atoms with Crippen molar-refractivity contribution < 1.29 is 14.3 Å². The molecule has 8 nitrogen and oxygen atoms in total. The summed E-state index contributed by atoms with van der Waals surface area (Å²) in [6.07, 6.45) is -0.677. The molecule has 0 saturated carbocycles. The molecule has 0 aliphatic rings. The van der Waals surface area contributed by atoms with Crippen LogP contribution >= 0.6 is 0 Å². The number of benzene rings is 1. The van der Waals surface area contributed by atoms with Gasteiger partial charge in [0.05, 0.1) is 19.9 Å². The molecule has 0 unspecified atom stereocenters. The van der Waals surface area contributed by atoms with Crippen LogP contribution < -0.4 is 15.8 Å². The average molecular weight is 301 g/mol. The predicted molar refractivity (Wildman–Crippen MR) is 81.8 cm³/mol. The van der Waals surface area contributed by atoms with Gasteiger partial charge in [0.25, 0.3) is 0 Å². The Labute approximate surface area is 127 Å². The van der Waals surface area contributed by atoms with E-state index in [4.69, 9.17) is 10.5 Å². The zero-order valence-electron chi connectivity index (χ0n) is 12.1. The van der Waals surface area contributed by atoms with Gasteiger partial charge in [-0.3, -0.25) is 5.32 Å². The number of nitrogen functional groups attached to an aromatic ring is 1. The molecule has 2 rings (SSSR count). The number of methoxy groups -OCH3 is 2. The highest BCUT2D eigenvalue weighted by Gasteiger charge is 2.13. The monoisotopic (exact) mass is 301 g/mol. The van der Waals surface area contributed by atoms with E-state index in [1.165, 1.54) is 20.3 Å². The normalized spacial score (nSPS) is 10.5. The Bertz CT molecular complexity index is 688. The number of aromatic nitrogens is 1. The van der Waals surface area contributed by atoms with Gasteiger partial charge in [-0.15, -0.1) is 5.11 Å². The van der Waals surface area contributed by atoms with E-state index >= 15 is 0 Å². The third kappa shape index (κ3) is 3.69. The summed E-state index contributed by atoms with van der Waals surface area (Å²) >= 11 is 0. The molecular formula is C14H15N5O3. The number of azo groups is 1. The summed E-state index contributed by atoms with van der Waals surface area (Å²) in [5.41, 5.74) is 6.82. The number of hydrogen-bond donors (Lipinski definition) is 2. The van der Waals surface area contributed by atoms with Crippen LogP contribution in [0.25, 0.3) is 0 Å². The van der Waals surface area contributed by atoms with Crippen LogP contribution in [0.1, 0.15) is 0 Å². The third-order valence-electron chi connectivity index (χ3n) is 2.65. The first-order valence-electron chi connectivity index (χ1n) is 6.30. The molecule has 1 amide bonds. The lowest BCUT2D eigenvalue weighted by molar-refractivity contribution is 0.186. The number of carbonyl (C=O) groups excluding carboxylic acids is 1. The van der Waals surface area contributed by atoms with Crippen molar-refractivity contribution in [3.8, 4) is 5.75 Å². The Balaban J connectivity index is 2.30. The van der Waals surface area contributed by atoms with Crippen LogP contribution in [0.3, 0.4) is 0 Å². The first-order valence-corrected chi connectivity index (χ1v) is 6.30. The number of anilines is 2. The topological polar surface area (TPSA) is 111 Å². The van der Waals surface area contributed by atoms with Crippen LogP contribution in [0.5, 0.6) is 5.75 Å². The number of nitrogens with two attached hydrogens (primary N) is 1. The maximum Gasteiger partial charge on any atom is 0.412 e. The molecule has 0 atom stereocenters. The van der Waals surface area contributed by atoms with Crippen molar-refractivity contribution in [1.29, 1.82) is 0 Å². The van der Waals surface area contributed by atoms with Gasteiger partial charge in [-0.2, -0.15) is 5.11 Å². The van der Waals surface area contributed by atoms with Crippen molar-refractivity contribution in [2.24, 2.45) is 10.2 Å². The summed E-state index contributed by atoms with van der Waals surface area (Å²) in [5, 5.41) is 10.5. The molecule has 1 heterocycles. The summed E-state index contributed by atoms with van der Waals surface area (Å²) in [4.78, 5) is 15.3. The summed E-state index contributed by atoms with van der Waals surface area (Å²) in [6.45, 7) is 0. The number of rotatable bonds is 4. The zero-order valence-corrected chi connectivity index (χ0v) is 12.1. The summed E-state index contributed by atoms with van der Waals surface area (Å²) in [7, 11) is 2.68. The lowest BCUT2D eigenvalue weighted by Gasteiger charge is -2.10. The molecule has 2 aromatic rings. The Kier molecular flexibility index (Phi) is 4.86. The van der Waals surface area contributed by atoms with E-state index < -0.39 is 6.09 Å². The molecule has 0 bridgehead atoms. The number of nitrogens with one attached hydrogen (secondary N) is 1. The minimum absolute atomic E-state index is 0.104. The van der Waals surface area contributed by atoms with E-state index in [0.29, 0.717) is 17.1 Å². The fourth-order valence-electron chi connectivity index (χ4n) is 1.58. The zero-order chi connectivity index (χ0) is 15.9. The van der Waals surface area contributed by atoms with Gasteiger partial charge < -0.3 is 15.2 Å². The van der Waals surface area contributed by atoms with Gasteiger partial charge in [0.15, 0.2) is 17.4 Å². The largest absolute Gasteiger partial charge is 0.493 e. The minimum atomic E-state index is -0.677. The lowest BCUT2D eigenvalue weighted by atomic mass is 10.3.